The number of thioether (sulfide) groups is 1. The van der Waals surface area contributed by atoms with E-state index >= 15 is 0 Å². The molecule has 0 saturated carbocycles. The molecule has 2 aliphatic rings. The number of fused-ring (bicyclic) bond motifs is 1. The maximum Gasteiger partial charge on any atom is 0.338 e. The molecule has 0 spiro atoms. The number of amides is 1. The van der Waals surface area contributed by atoms with E-state index in [4.69, 9.17) is 4.74 Å². The molecular weight excluding hydrogens is 380 g/mol. The monoisotopic (exact) mass is 394 g/mol. The van der Waals surface area contributed by atoms with Crippen molar-refractivity contribution in [3.63, 3.8) is 0 Å². The Morgan fingerprint density at radius 2 is 2.17 bits per heavy atom. The van der Waals surface area contributed by atoms with Crippen molar-refractivity contribution < 1.29 is 14.3 Å². The number of halogens is 1. The van der Waals surface area contributed by atoms with Crippen molar-refractivity contribution in [2.45, 2.75) is 25.1 Å². The number of nitrogens with zero attached hydrogens (tertiary/aromatic N) is 2. The molecule has 0 radical (unpaired) electrons. The van der Waals surface area contributed by atoms with Gasteiger partial charge >= 0.3 is 5.97 Å². The fraction of sp³-hybridized carbons (Fsp3) is 0.312. The topological polar surface area (TPSA) is 59.0 Å². The lowest BCUT2D eigenvalue weighted by Crippen LogP contribution is -2.40. The zero-order chi connectivity index (χ0) is 16.7. The smallest absolute Gasteiger partial charge is 0.338 e. The number of hydrogen-bond acceptors (Lipinski definition) is 5. The van der Waals surface area contributed by atoms with Gasteiger partial charge in [0.15, 0.2) is 5.17 Å². The third-order valence-electron chi connectivity index (χ3n) is 3.83. The van der Waals surface area contributed by atoms with Gasteiger partial charge in [-0.25, -0.2) is 9.79 Å². The van der Waals surface area contributed by atoms with Crippen LogP contribution in [-0.2, 0) is 14.3 Å². The van der Waals surface area contributed by atoms with Crippen molar-refractivity contribution in [2.24, 2.45) is 4.99 Å². The number of allylic oxidation sites excluding steroid dienone is 1. The Morgan fingerprint density at radius 3 is 2.83 bits per heavy atom. The van der Waals surface area contributed by atoms with Crippen LogP contribution in [0.15, 0.2) is 45.0 Å². The van der Waals surface area contributed by atoms with Crippen LogP contribution in [0, 0.1) is 0 Å². The molecule has 0 aromatic heterocycles. The summed E-state index contributed by atoms with van der Waals surface area (Å²) in [6.07, 6.45) is 0. The quantitative estimate of drug-likeness (QED) is 0.722. The van der Waals surface area contributed by atoms with Crippen molar-refractivity contribution in [3.8, 4) is 0 Å². The SMILES string of the molecule is COC(=O)C1=C(C)N=C2S[C@@H](C)C(=O)N2[C@H]1c1cccc(Br)c1. The first kappa shape index (κ1) is 16.3. The van der Waals surface area contributed by atoms with E-state index in [1.807, 2.05) is 31.2 Å². The Labute approximate surface area is 146 Å². The molecular formula is C16H15BrN2O3S. The molecule has 1 aromatic rings. The van der Waals surface area contributed by atoms with E-state index in [1.54, 1.807) is 11.8 Å². The van der Waals surface area contributed by atoms with Crippen LogP contribution in [0.2, 0.25) is 0 Å². The van der Waals surface area contributed by atoms with Gasteiger partial charge in [0.2, 0.25) is 5.91 Å². The Balaban J connectivity index is 2.19. The number of ether oxygens (including phenoxy) is 1. The fourth-order valence-corrected chi connectivity index (χ4v) is 4.21. The van der Waals surface area contributed by atoms with Gasteiger partial charge in [0.25, 0.3) is 0 Å². The number of methoxy groups -OCH3 is 1. The van der Waals surface area contributed by atoms with Gasteiger partial charge in [0.05, 0.1) is 29.7 Å². The zero-order valence-electron chi connectivity index (χ0n) is 12.9. The van der Waals surface area contributed by atoms with Crippen LogP contribution in [0.4, 0.5) is 0 Å². The summed E-state index contributed by atoms with van der Waals surface area (Å²) in [5, 5.41) is 0.422. The summed E-state index contributed by atoms with van der Waals surface area (Å²) in [6.45, 7) is 3.62. The van der Waals surface area contributed by atoms with Crippen molar-refractivity contribution >= 4 is 44.7 Å². The highest BCUT2D eigenvalue weighted by Gasteiger charge is 2.46. The van der Waals surface area contributed by atoms with Gasteiger partial charge < -0.3 is 4.74 Å². The highest BCUT2D eigenvalue weighted by Crippen LogP contribution is 2.43. The summed E-state index contributed by atoms with van der Waals surface area (Å²) in [7, 11) is 1.34. The van der Waals surface area contributed by atoms with Gasteiger partial charge in [-0.3, -0.25) is 9.69 Å². The lowest BCUT2D eigenvalue weighted by atomic mass is 9.94. The Morgan fingerprint density at radius 1 is 1.43 bits per heavy atom. The van der Waals surface area contributed by atoms with Gasteiger partial charge in [-0.05, 0) is 31.5 Å². The second-order valence-corrected chi connectivity index (χ2v) is 7.53. The molecule has 2 heterocycles. The molecule has 5 nitrogen and oxygen atoms in total. The predicted molar refractivity (Wildman–Crippen MR) is 92.9 cm³/mol. The minimum atomic E-state index is -0.516. The maximum atomic E-state index is 12.6. The Hall–Kier alpha value is -1.60. The zero-order valence-corrected chi connectivity index (χ0v) is 15.3. The van der Waals surface area contributed by atoms with E-state index in [2.05, 4.69) is 20.9 Å². The molecule has 1 amide bonds. The van der Waals surface area contributed by atoms with Crippen LogP contribution in [0.3, 0.4) is 0 Å². The van der Waals surface area contributed by atoms with Crippen LogP contribution in [-0.4, -0.2) is 34.3 Å². The van der Waals surface area contributed by atoms with Gasteiger partial charge in [0.1, 0.15) is 0 Å². The van der Waals surface area contributed by atoms with E-state index in [0.717, 1.165) is 10.0 Å². The molecule has 1 fully saturated rings. The number of rotatable bonds is 2. The summed E-state index contributed by atoms with van der Waals surface area (Å²) < 4.78 is 5.81. The number of carbonyl (C=O) groups is 2. The minimum absolute atomic E-state index is 0.0485. The molecule has 2 aliphatic heterocycles. The standard InChI is InChI=1S/C16H15BrN2O3S/c1-8-12(15(21)22-3)13(10-5-4-6-11(17)7-10)19-14(20)9(2)23-16(19)18-8/h4-7,9,13H,1-3H3/t9-,13-/m0/s1. The van der Waals surface area contributed by atoms with Crippen LogP contribution < -0.4 is 0 Å². The summed E-state index contributed by atoms with van der Waals surface area (Å²) in [5.41, 5.74) is 1.83. The number of hydrogen-bond donors (Lipinski definition) is 0. The third kappa shape index (κ3) is 2.72. The average molecular weight is 395 g/mol. The summed E-state index contributed by atoms with van der Waals surface area (Å²) >= 11 is 4.86. The van der Waals surface area contributed by atoms with Gasteiger partial charge in [-0.1, -0.05) is 39.8 Å². The van der Waals surface area contributed by atoms with Crippen molar-refractivity contribution in [3.05, 3.63) is 45.6 Å². The van der Waals surface area contributed by atoms with Crippen molar-refractivity contribution in [2.75, 3.05) is 7.11 Å². The maximum absolute atomic E-state index is 12.6. The molecule has 3 rings (SSSR count). The predicted octanol–water partition coefficient (Wildman–Crippen LogP) is 3.27. The van der Waals surface area contributed by atoms with Gasteiger partial charge in [-0.15, -0.1) is 0 Å². The average Bonchev–Trinajstić information content (AvgIpc) is 2.79. The molecule has 1 aromatic carbocycles. The lowest BCUT2D eigenvalue weighted by molar-refractivity contribution is -0.137. The van der Waals surface area contributed by atoms with Gasteiger partial charge in [-0.2, -0.15) is 0 Å². The highest BCUT2D eigenvalue weighted by atomic mass is 79.9. The molecule has 0 bridgehead atoms. The molecule has 1 saturated heterocycles. The van der Waals surface area contributed by atoms with E-state index < -0.39 is 12.0 Å². The number of carbonyl (C=O) groups excluding carboxylic acids is 2. The molecule has 2 atom stereocenters. The van der Waals surface area contributed by atoms with Gasteiger partial charge in [0, 0.05) is 4.47 Å². The number of aliphatic imine (C=N–C) groups is 1. The van der Waals surface area contributed by atoms with Crippen LogP contribution in [0.1, 0.15) is 25.5 Å². The normalized spacial score (nSPS) is 23.7. The molecule has 120 valence electrons. The second-order valence-electron chi connectivity index (χ2n) is 5.31. The first-order valence-electron chi connectivity index (χ1n) is 7.07. The Bertz CT molecular complexity index is 759. The molecule has 23 heavy (non-hydrogen) atoms. The van der Waals surface area contributed by atoms with Crippen molar-refractivity contribution in [1.82, 2.24) is 4.90 Å². The van der Waals surface area contributed by atoms with E-state index in [-0.39, 0.29) is 11.2 Å². The molecule has 0 N–H and O–H groups in total. The van der Waals surface area contributed by atoms with E-state index in [0.29, 0.717) is 16.4 Å². The largest absolute Gasteiger partial charge is 0.466 e. The summed E-state index contributed by atoms with van der Waals surface area (Å²) in [4.78, 5) is 31.0. The van der Waals surface area contributed by atoms with E-state index in [9.17, 15) is 9.59 Å². The van der Waals surface area contributed by atoms with Crippen LogP contribution in [0.5, 0.6) is 0 Å². The minimum Gasteiger partial charge on any atom is -0.466 e. The van der Waals surface area contributed by atoms with Crippen LogP contribution >= 0.6 is 27.7 Å². The lowest BCUT2D eigenvalue weighted by Gasteiger charge is -2.32. The first-order valence-corrected chi connectivity index (χ1v) is 8.74. The summed E-state index contributed by atoms with van der Waals surface area (Å²) in [6, 6.07) is 7.07. The Kier molecular flexibility index (Phi) is 4.33. The van der Waals surface area contributed by atoms with E-state index in [1.165, 1.54) is 18.9 Å². The number of amidine groups is 1. The number of benzene rings is 1. The molecule has 7 heteroatoms. The second kappa shape index (κ2) is 6.13. The fourth-order valence-electron chi connectivity index (χ4n) is 2.77. The van der Waals surface area contributed by atoms with Crippen molar-refractivity contribution in [1.29, 1.82) is 0 Å². The summed E-state index contributed by atoms with van der Waals surface area (Å²) in [5.74, 6) is -0.514. The number of esters is 1. The third-order valence-corrected chi connectivity index (χ3v) is 5.38. The first-order chi connectivity index (χ1) is 10.9. The molecule has 0 aliphatic carbocycles. The molecule has 0 unspecified atom stereocenters. The van der Waals surface area contributed by atoms with Crippen LogP contribution in [0.25, 0.3) is 0 Å². The highest BCUT2D eigenvalue weighted by molar-refractivity contribution is 9.10.